The molecule has 20 heteroatoms. The van der Waals surface area contributed by atoms with Crippen molar-refractivity contribution in [1.29, 1.82) is 0 Å². The molecule has 2 fully saturated rings. The molecule has 2 aliphatic rings. The summed E-state index contributed by atoms with van der Waals surface area (Å²) in [6.45, 7) is 16.2. The van der Waals surface area contributed by atoms with Crippen molar-refractivity contribution >= 4 is 52.3 Å². The predicted molar refractivity (Wildman–Crippen MR) is 261 cm³/mol. The second-order valence-electron chi connectivity index (χ2n) is 19.3. The third-order valence-corrected chi connectivity index (χ3v) is 12.5. The van der Waals surface area contributed by atoms with E-state index in [0.717, 1.165) is 21.7 Å². The molecule has 2 saturated heterocycles. The number of piperazine rings is 1. The van der Waals surface area contributed by atoms with Gasteiger partial charge in [0.2, 0.25) is 17.7 Å². The van der Waals surface area contributed by atoms with Gasteiger partial charge in [-0.3, -0.25) is 19.4 Å². The highest BCUT2D eigenvalue weighted by Gasteiger charge is 2.44. The summed E-state index contributed by atoms with van der Waals surface area (Å²) in [4.78, 5) is 72.4. The minimum absolute atomic E-state index is 0.0239. The number of pyridine rings is 1. The van der Waals surface area contributed by atoms with Crippen LogP contribution in [0.3, 0.4) is 0 Å². The number of aliphatic hydroxyl groups excluding tert-OH is 1. The number of amides is 4. The number of oxazole rings is 1. The van der Waals surface area contributed by atoms with Gasteiger partial charge < -0.3 is 58.5 Å². The van der Waals surface area contributed by atoms with Crippen molar-refractivity contribution in [3.05, 3.63) is 83.3 Å². The van der Waals surface area contributed by atoms with E-state index in [4.69, 9.17) is 28.1 Å². The van der Waals surface area contributed by atoms with Crippen LogP contribution in [0.4, 0.5) is 10.8 Å². The van der Waals surface area contributed by atoms with Crippen LogP contribution in [0.15, 0.2) is 70.7 Å². The van der Waals surface area contributed by atoms with Gasteiger partial charge >= 0.3 is 6.09 Å². The number of nitrogens with zero attached hydrogens (tertiary/aromatic N) is 6. The minimum atomic E-state index is -0.977. The van der Waals surface area contributed by atoms with Gasteiger partial charge in [-0.1, -0.05) is 45.0 Å². The quantitative estimate of drug-likeness (QED) is 0.0869. The molecule has 0 radical (unpaired) electrons. The number of nitrogens with one attached hydrogen (secondary N) is 2. The van der Waals surface area contributed by atoms with E-state index in [1.165, 1.54) is 4.90 Å². The molecule has 0 aliphatic carbocycles. The van der Waals surface area contributed by atoms with Gasteiger partial charge in [-0.2, -0.15) is 4.98 Å². The first-order chi connectivity index (χ1) is 33.4. The zero-order valence-corrected chi connectivity index (χ0v) is 41.7. The second-order valence-corrected chi connectivity index (χ2v) is 20.2. The van der Waals surface area contributed by atoms with E-state index in [1.807, 2.05) is 107 Å². The number of aliphatic hydroxyl groups is 1. The fraction of sp³-hybridized carbons (Fsp3) is 0.500. The third-order valence-electron chi connectivity index (χ3n) is 11.5. The number of hydrogen-bond donors (Lipinski definition) is 3. The molecule has 0 saturated carbocycles. The van der Waals surface area contributed by atoms with Crippen LogP contribution >= 0.6 is 11.3 Å². The maximum atomic E-state index is 14.0. The van der Waals surface area contributed by atoms with E-state index >= 15 is 0 Å². The molecule has 0 bridgehead atoms. The molecule has 3 aromatic heterocycles. The van der Waals surface area contributed by atoms with E-state index < -0.39 is 41.0 Å². The maximum Gasteiger partial charge on any atom is 0.410 e. The molecule has 3 N–H and O–H groups in total. The lowest BCUT2D eigenvalue weighted by atomic mass is 9.85. The number of rotatable bonds is 19. The Morgan fingerprint density at radius 3 is 2.30 bits per heavy atom. The topological polar surface area (TPSA) is 220 Å². The molecule has 19 nitrogen and oxygen atoms in total. The van der Waals surface area contributed by atoms with Crippen molar-refractivity contribution in [2.75, 3.05) is 70.7 Å². The summed E-state index contributed by atoms with van der Waals surface area (Å²) < 4.78 is 34.4. The van der Waals surface area contributed by atoms with Crippen LogP contribution < -0.4 is 25.0 Å². The van der Waals surface area contributed by atoms with Gasteiger partial charge in [0.1, 0.15) is 54.5 Å². The molecule has 3 atom stereocenters. The Balaban J connectivity index is 0.767. The summed E-state index contributed by atoms with van der Waals surface area (Å²) in [6, 6.07) is 15.5. The smallest absolute Gasteiger partial charge is 0.410 e. The number of benzene rings is 2. The van der Waals surface area contributed by atoms with Gasteiger partial charge in [0.25, 0.3) is 6.01 Å². The monoisotopic (exact) mass is 984 g/mol. The van der Waals surface area contributed by atoms with Crippen molar-refractivity contribution < 1.29 is 52.4 Å². The van der Waals surface area contributed by atoms with Crippen molar-refractivity contribution in [3.63, 3.8) is 0 Å². The standard InChI is InChI=1S/C50H64N8O11S/c1-32-43(70-31-53-32)34-10-8-33(9-11-34)26-52-45(61)40-24-36(59)28-58(40)46(62)44(49(2,3)4)55-42(60)30-65-21-20-64-22-23-66-38-13-12-35(51-27-38)29-67-37-14-15-41-39(25-37)54-47(68-41)56-16-18-57(19-17-56)48(63)69-50(5,6)7/h8-15,25,27,31,36,40,44,59H,16-24,26,28-30H2,1-7H3,(H,52,61)(H,55,60)/t36-,40+,44-/m1/s1. The number of ether oxygens (including phenoxy) is 5. The Kier molecular flexibility index (Phi) is 17.0. The number of likely N-dealkylation sites (tertiary alicyclic amines) is 1. The van der Waals surface area contributed by atoms with E-state index in [2.05, 4.69) is 25.6 Å². The van der Waals surface area contributed by atoms with Gasteiger partial charge in [-0.15, -0.1) is 11.3 Å². The van der Waals surface area contributed by atoms with Crippen LogP contribution in [0.1, 0.15) is 64.9 Å². The summed E-state index contributed by atoms with van der Waals surface area (Å²) in [7, 11) is 0. The number of carbonyl (C=O) groups excluding carboxylic acids is 4. The Bertz CT molecular complexity index is 2550. The second kappa shape index (κ2) is 23.0. The molecule has 70 heavy (non-hydrogen) atoms. The highest BCUT2D eigenvalue weighted by atomic mass is 32.1. The lowest BCUT2D eigenvalue weighted by Gasteiger charge is -2.35. The van der Waals surface area contributed by atoms with Crippen LogP contribution in [0.25, 0.3) is 21.5 Å². The van der Waals surface area contributed by atoms with Gasteiger partial charge in [-0.25, -0.2) is 9.78 Å². The van der Waals surface area contributed by atoms with E-state index in [-0.39, 0.29) is 71.2 Å². The molecule has 376 valence electrons. The van der Waals surface area contributed by atoms with Crippen molar-refractivity contribution in [1.82, 2.24) is 35.4 Å². The lowest BCUT2D eigenvalue weighted by molar-refractivity contribution is -0.144. The third kappa shape index (κ3) is 14.1. The Hall–Kier alpha value is -6.35. The van der Waals surface area contributed by atoms with Crippen LogP contribution in [0, 0.1) is 12.3 Å². The Morgan fingerprint density at radius 2 is 1.61 bits per heavy atom. The number of β-amino-alcohol motifs (C(OH)–C–C–N with tert-alkyl or cyclic N) is 1. The van der Waals surface area contributed by atoms with E-state index in [0.29, 0.717) is 60.5 Å². The Labute approximate surface area is 411 Å². The average molecular weight is 985 g/mol. The van der Waals surface area contributed by atoms with Gasteiger partial charge in [-0.05, 0) is 68.5 Å². The van der Waals surface area contributed by atoms with Crippen LogP contribution in [0.5, 0.6) is 11.5 Å². The first-order valence-electron chi connectivity index (χ1n) is 23.4. The van der Waals surface area contributed by atoms with Crippen LogP contribution in [0.2, 0.25) is 0 Å². The number of fused-ring (bicyclic) bond motifs is 1. The molecular weight excluding hydrogens is 921 g/mol. The fourth-order valence-electron chi connectivity index (χ4n) is 7.85. The highest BCUT2D eigenvalue weighted by molar-refractivity contribution is 7.13. The minimum Gasteiger partial charge on any atom is -0.490 e. The molecule has 5 aromatic rings. The summed E-state index contributed by atoms with van der Waals surface area (Å²) in [5.41, 5.74) is 5.44. The van der Waals surface area contributed by atoms with E-state index in [9.17, 15) is 24.3 Å². The first-order valence-corrected chi connectivity index (χ1v) is 24.3. The SMILES string of the molecule is Cc1ncsc1-c1ccc(CNC(=O)[C@@H]2C[C@@H](O)CN2C(=O)[C@@H](NC(=O)COCCOCCOc2ccc(COc3ccc4oc(N5CCN(C(=O)OC(C)(C)C)CC5)nc4c3)nc2)C(C)(C)C)cc1. The highest BCUT2D eigenvalue weighted by Crippen LogP contribution is 2.30. The number of anilines is 1. The van der Waals surface area contributed by atoms with Crippen LogP contribution in [-0.4, -0.2) is 143 Å². The number of thiazole rings is 1. The molecule has 4 amide bonds. The summed E-state index contributed by atoms with van der Waals surface area (Å²) >= 11 is 1.57. The first kappa shape index (κ1) is 51.5. The van der Waals surface area contributed by atoms with Crippen LogP contribution in [-0.2, 0) is 41.7 Å². The number of aryl methyl sites for hydroxylation is 1. The molecule has 0 unspecified atom stereocenters. The van der Waals surface area contributed by atoms with Gasteiger partial charge in [0, 0.05) is 51.8 Å². The lowest BCUT2D eigenvalue weighted by Crippen LogP contribution is -2.58. The van der Waals surface area contributed by atoms with Crippen molar-refractivity contribution in [2.24, 2.45) is 5.41 Å². The zero-order chi connectivity index (χ0) is 50.0. The predicted octanol–water partition coefficient (Wildman–Crippen LogP) is 5.51. The normalized spacial score (nSPS) is 16.8. The average Bonchev–Trinajstić information content (AvgIpc) is 4.07. The van der Waals surface area contributed by atoms with Crippen molar-refractivity contribution in [2.45, 2.75) is 91.8 Å². The summed E-state index contributed by atoms with van der Waals surface area (Å²) in [5.74, 6) is -0.151. The molecular formula is C50H64N8O11S. The van der Waals surface area contributed by atoms with Gasteiger partial charge in [0.05, 0.1) is 53.9 Å². The van der Waals surface area contributed by atoms with Crippen molar-refractivity contribution in [3.8, 4) is 21.9 Å². The molecule has 2 aromatic carbocycles. The summed E-state index contributed by atoms with van der Waals surface area (Å²) in [6.07, 6.45) is 0.500. The maximum absolute atomic E-state index is 14.0. The number of hydrogen-bond acceptors (Lipinski definition) is 16. The fourth-order valence-corrected chi connectivity index (χ4v) is 8.66. The molecule has 0 spiro atoms. The molecule has 2 aliphatic heterocycles. The Morgan fingerprint density at radius 1 is 0.886 bits per heavy atom. The largest absolute Gasteiger partial charge is 0.490 e. The van der Waals surface area contributed by atoms with E-state index in [1.54, 1.807) is 28.5 Å². The summed E-state index contributed by atoms with van der Waals surface area (Å²) in [5, 5.41) is 16.3. The number of aromatic nitrogens is 3. The zero-order valence-electron chi connectivity index (χ0n) is 40.9. The molecule has 7 rings (SSSR count). The van der Waals surface area contributed by atoms with Gasteiger partial charge in [0.15, 0.2) is 5.58 Å². The number of carbonyl (C=O) groups is 4. The molecule has 5 heterocycles.